The molecule has 1 aromatic heterocycles. The van der Waals surface area contributed by atoms with E-state index in [4.69, 9.17) is 9.15 Å². The topological polar surface area (TPSA) is 88.8 Å². The summed E-state index contributed by atoms with van der Waals surface area (Å²) in [5, 5.41) is 13.0. The van der Waals surface area contributed by atoms with Crippen molar-refractivity contribution >= 4 is 22.8 Å². The lowest BCUT2D eigenvalue weighted by molar-refractivity contribution is -0.148. The third-order valence-electron chi connectivity index (χ3n) is 4.41. The molecule has 1 aliphatic heterocycles. The van der Waals surface area contributed by atoms with Crippen molar-refractivity contribution in [2.45, 2.75) is 32.2 Å². The van der Waals surface area contributed by atoms with Gasteiger partial charge in [-0.15, -0.1) is 0 Å². The van der Waals surface area contributed by atoms with E-state index >= 15 is 0 Å². The van der Waals surface area contributed by atoms with Gasteiger partial charge in [0.25, 0.3) is 5.91 Å². The molecule has 1 amide bonds. The molecule has 0 spiro atoms. The average Bonchev–Trinajstić information content (AvgIpc) is 2.84. The quantitative estimate of drug-likeness (QED) is 0.907. The van der Waals surface area contributed by atoms with E-state index in [9.17, 15) is 14.7 Å². The van der Waals surface area contributed by atoms with Crippen molar-refractivity contribution < 1.29 is 23.8 Å². The molecule has 122 valence electrons. The number of amides is 1. The Morgan fingerprint density at radius 3 is 2.57 bits per heavy atom. The van der Waals surface area contributed by atoms with Crippen LogP contribution in [0.15, 0.2) is 22.6 Å². The van der Waals surface area contributed by atoms with Crippen molar-refractivity contribution in [1.82, 2.24) is 5.32 Å². The number of aryl methyl sites for hydroxylation is 2. The third kappa shape index (κ3) is 2.70. The number of nitrogens with one attached hydrogen (secondary N) is 1. The number of carboxylic acid groups (broad SMARTS) is 1. The third-order valence-corrected chi connectivity index (χ3v) is 4.41. The first-order valence-electron chi connectivity index (χ1n) is 7.56. The summed E-state index contributed by atoms with van der Waals surface area (Å²) in [4.78, 5) is 24.2. The van der Waals surface area contributed by atoms with Crippen molar-refractivity contribution in [1.29, 1.82) is 0 Å². The molecule has 1 aromatic carbocycles. The van der Waals surface area contributed by atoms with Crippen LogP contribution < -0.4 is 5.32 Å². The van der Waals surface area contributed by atoms with Gasteiger partial charge in [-0.3, -0.25) is 4.79 Å². The Hall–Kier alpha value is -2.34. The highest BCUT2D eigenvalue weighted by Gasteiger charge is 2.42. The monoisotopic (exact) mass is 317 g/mol. The molecular formula is C17H19NO5. The Labute approximate surface area is 133 Å². The van der Waals surface area contributed by atoms with E-state index in [2.05, 4.69) is 5.32 Å². The minimum absolute atomic E-state index is 0.165. The van der Waals surface area contributed by atoms with Crippen molar-refractivity contribution in [2.24, 2.45) is 0 Å². The number of carboxylic acids is 1. The number of fused-ring (bicyclic) bond motifs is 1. The van der Waals surface area contributed by atoms with Gasteiger partial charge in [0, 0.05) is 37.0 Å². The summed E-state index contributed by atoms with van der Waals surface area (Å²) in [7, 11) is 0. The number of furan rings is 1. The van der Waals surface area contributed by atoms with Gasteiger partial charge in [0.15, 0.2) is 5.76 Å². The first-order chi connectivity index (χ1) is 10.9. The maximum atomic E-state index is 12.6. The number of ether oxygens (including phenoxy) is 1. The zero-order valence-corrected chi connectivity index (χ0v) is 13.1. The maximum absolute atomic E-state index is 12.6. The molecule has 6 nitrogen and oxygen atoms in total. The summed E-state index contributed by atoms with van der Waals surface area (Å²) in [5.41, 5.74) is 1.08. The molecule has 2 aromatic rings. The minimum atomic E-state index is -1.29. The van der Waals surface area contributed by atoms with E-state index in [0.717, 1.165) is 10.9 Å². The highest BCUT2D eigenvalue weighted by atomic mass is 16.5. The summed E-state index contributed by atoms with van der Waals surface area (Å²) in [5.74, 6) is -1.38. The van der Waals surface area contributed by atoms with Gasteiger partial charge in [0.05, 0.1) is 0 Å². The number of rotatable bonds is 3. The fourth-order valence-corrected chi connectivity index (χ4v) is 2.94. The van der Waals surface area contributed by atoms with Gasteiger partial charge in [-0.25, -0.2) is 4.79 Å². The molecular weight excluding hydrogens is 298 g/mol. The Morgan fingerprint density at radius 1 is 1.22 bits per heavy atom. The number of aliphatic carboxylic acids is 1. The number of hydrogen-bond donors (Lipinski definition) is 2. The van der Waals surface area contributed by atoms with Crippen molar-refractivity contribution in [3.63, 3.8) is 0 Å². The Balaban J connectivity index is 1.93. The molecule has 0 unspecified atom stereocenters. The second-order valence-corrected chi connectivity index (χ2v) is 6.01. The largest absolute Gasteiger partial charge is 0.480 e. The second-order valence-electron chi connectivity index (χ2n) is 6.01. The Kier molecular flexibility index (Phi) is 3.85. The van der Waals surface area contributed by atoms with Gasteiger partial charge >= 0.3 is 5.97 Å². The van der Waals surface area contributed by atoms with Crippen LogP contribution in [-0.4, -0.2) is 35.7 Å². The van der Waals surface area contributed by atoms with Gasteiger partial charge in [-0.1, -0.05) is 12.1 Å². The van der Waals surface area contributed by atoms with Crippen LogP contribution in [0.4, 0.5) is 0 Å². The number of benzene rings is 1. The first-order valence-corrected chi connectivity index (χ1v) is 7.56. The lowest BCUT2D eigenvalue weighted by Crippen LogP contribution is -2.57. The van der Waals surface area contributed by atoms with Crippen LogP contribution in [0.3, 0.4) is 0 Å². The van der Waals surface area contributed by atoms with Crippen LogP contribution in [-0.2, 0) is 9.53 Å². The lowest BCUT2D eigenvalue weighted by atomic mass is 9.90. The normalized spacial score (nSPS) is 17.1. The van der Waals surface area contributed by atoms with Crippen LogP contribution in [0.1, 0.15) is 34.5 Å². The molecule has 6 heteroatoms. The van der Waals surface area contributed by atoms with Crippen LogP contribution in [0, 0.1) is 13.8 Å². The van der Waals surface area contributed by atoms with Gasteiger partial charge in [-0.05, 0) is 25.5 Å². The predicted molar refractivity (Wildman–Crippen MR) is 83.6 cm³/mol. The number of hydrogen-bond acceptors (Lipinski definition) is 4. The standard InChI is InChI=1S/C17H19NO5/c1-10-3-4-12-11(2)14(23-13(12)9-10)15(19)18-17(16(20)21)5-7-22-8-6-17/h3-4,9H,5-8H2,1-2H3,(H,18,19)(H,20,21). The van der Waals surface area contributed by atoms with Crippen LogP contribution >= 0.6 is 0 Å². The fourth-order valence-electron chi connectivity index (χ4n) is 2.94. The molecule has 1 saturated heterocycles. The first kappa shape index (κ1) is 15.6. The maximum Gasteiger partial charge on any atom is 0.329 e. The summed E-state index contributed by atoms with van der Waals surface area (Å²) < 4.78 is 10.9. The van der Waals surface area contributed by atoms with Crippen LogP contribution in [0.2, 0.25) is 0 Å². The lowest BCUT2D eigenvalue weighted by Gasteiger charge is -2.33. The zero-order chi connectivity index (χ0) is 16.6. The Morgan fingerprint density at radius 2 is 1.91 bits per heavy atom. The van der Waals surface area contributed by atoms with E-state index in [1.165, 1.54) is 0 Å². The molecule has 2 N–H and O–H groups in total. The van der Waals surface area contributed by atoms with E-state index in [-0.39, 0.29) is 18.6 Å². The highest BCUT2D eigenvalue weighted by molar-refractivity contribution is 6.01. The molecule has 0 atom stereocenters. The zero-order valence-electron chi connectivity index (χ0n) is 13.1. The Bertz CT molecular complexity index is 771. The SMILES string of the molecule is Cc1ccc2c(C)c(C(=O)NC3(C(=O)O)CCOCC3)oc2c1. The van der Waals surface area contributed by atoms with Gasteiger partial charge in [0.2, 0.25) is 0 Å². The second kappa shape index (κ2) is 5.70. The summed E-state index contributed by atoms with van der Waals surface area (Å²) in [6, 6.07) is 5.71. The highest BCUT2D eigenvalue weighted by Crippen LogP contribution is 2.28. The van der Waals surface area contributed by atoms with Crippen molar-refractivity contribution in [2.75, 3.05) is 13.2 Å². The molecule has 1 fully saturated rings. The van der Waals surface area contributed by atoms with E-state index < -0.39 is 17.4 Å². The predicted octanol–water partition coefficient (Wildman–Crippen LogP) is 2.41. The van der Waals surface area contributed by atoms with Crippen LogP contribution in [0.5, 0.6) is 0 Å². The fraction of sp³-hybridized carbons (Fsp3) is 0.412. The smallest absolute Gasteiger partial charge is 0.329 e. The van der Waals surface area contributed by atoms with E-state index in [0.29, 0.717) is 24.4 Å². The number of carbonyl (C=O) groups excluding carboxylic acids is 1. The molecule has 3 rings (SSSR count). The summed E-state index contributed by atoms with van der Waals surface area (Å²) in [6.45, 7) is 4.36. The van der Waals surface area contributed by atoms with Gasteiger partial charge in [0.1, 0.15) is 11.1 Å². The minimum Gasteiger partial charge on any atom is -0.480 e. The van der Waals surface area contributed by atoms with Gasteiger partial charge < -0.3 is 19.6 Å². The molecule has 0 bridgehead atoms. The van der Waals surface area contributed by atoms with Crippen LogP contribution in [0.25, 0.3) is 11.0 Å². The number of carbonyl (C=O) groups is 2. The van der Waals surface area contributed by atoms with Crippen molar-refractivity contribution in [3.05, 3.63) is 35.1 Å². The molecule has 2 heterocycles. The van der Waals surface area contributed by atoms with Gasteiger partial charge in [-0.2, -0.15) is 0 Å². The summed E-state index contributed by atoms with van der Waals surface area (Å²) in [6.07, 6.45) is 0.485. The van der Waals surface area contributed by atoms with E-state index in [1.807, 2.05) is 25.1 Å². The molecule has 0 radical (unpaired) electrons. The van der Waals surface area contributed by atoms with Crippen molar-refractivity contribution in [3.8, 4) is 0 Å². The molecule has 0 saturated carbocycles. The molecule has 1 aliphatic rings. The van der Waals surface area contributed by atoms with E-state index in [1.54, 1.807) is 6.92 Å². The average molecular weight is 317 g/mol. The summed E-state index contributed by atoms with van der Waals surface area (Å²) >= 11 is 0. The molecule has 0 aliphatic carbocycles. The molecule has 23 heavy (non-hydrogen) atoms.